The number of amides is 1. The van der Waals surface area contributed by atoms with Gasteiger partial charge < -0.3 is 10.2 Å². The van der Waals surface area contributed by atoms with Gasteiger partial charge in [0.15, 0.2) is 17.5 Å². The van der Waals surface area contributed by atoms with Crippen molar-refractivity contribution in [3.05, 3.63) is 57.3 Å². The third-order valence-electron chi connectivity index (χ3n) is 6.56. The van der Waals surface area contributed by atoms with Crippen molar-refractivity contribution in [2.75, 3.05) is 43.5 Å². The van der Waals surface area contributed by atoms with Gasteiger partial charge in [0, 0.05) is 44.8 Å². The first kappa shape index (κ1) is 24.7. The number of nitrogens with zero attached hydrogens (tertiary/aromatic N) is 5. The normalized spacial score (nSPS) is 15.2. The average molecular weight is 515 g/mol. The molecule has 3 aromatic rings. The van der Waals surface area contributed by atoms with E-state index in [1.165, 1.54) is 30.1 Å². The van der Waals surface area contributed by atoms with Crippen LogP contribution in [0, 0.1) is 17.5 Å². The summed E-state index contributed by atoms with van der Waals surface area (Å²) in [6.07, 6.45) is 1.46. The van der Waals surface area contributed by atoms with Gasteiger partial charge in [-0.3, -0.25) is 19.1 Å². The minimum absolute atomic E-state index is 0.0321. The van der Waals surface area contributed by atoms with E-state index in [1.807, 2.05) is 10.4 Å². The lowest BCUT2D eigenvalue weighted by Crippen LogP contribution is -2.46. The largest absolute Gasteiger partial charge is 0.367 e. The SMILES string of the molecule is CCn1c2c3c(cc(CN4CCN(c5ccc(C(=O)NOC)c(F)c5F)CC4)c(F)c3nc1=O)NC=N2. The first-order valence-corrected chi connectivity index (χ1v) is 11.7. The molecular formula is C24H24F3N7O3. The highest BCUT2D eigenvalue weighted by Gasteiger charge is 2.27. The summed E-state index contributed by atoms with van der Waals surface area (Å²) in [5.41, 5.74) is 1.91. The van der Waals surface area contributed by atoms with E-state index in [4.69, 9.17) is 0 Å². The van der Waals surface area contributed by atoms with E-state index in [-0.39, 0.29) is 17.7 Å². The lowest BCUT2D eigenvalue weighted by atomic mass is 10.1. The van der Waals surface area contributed by atoms with E-state index < -0.39 is 34.6 Å². The molecule has 0 radical (unpaired) electrons. The third-order valence-corrected chi connectivity index (χ3v) is 6.56. The zero-order chi connectivity index (χ0) is 26.3. The fourth-order valence-electron chi connectivity index (χ4n) is 4.72. The first-order valence-electron chi connectivity index (χ1n) is 11.7. The Balaban J connectivity index is 1.35. The summed E-state index contributed by atoms with van der Waals surface area (Å²) >= 11 is 0. The number of halogens is 3. The maximum absolute atomic E-state index is 15.5. The average Bonchev–Trinajstić information content (AvgIpc) is 2.89. The molecule has 2 aromatic carbocycles. The minimum atomic E-state index is -1.26. The van der Waals surface area contributed by atoms with E-state index in [0.29, 0.717) is 55.2 Å². The number of hydrogen-bond acceptors (Lipinski definition) is 8. The summed E-state index contributed by atoms with van der Waals surface area (Å²) in [5, 5.41) is 3.46. The molecule has 1 aromatic heterocycles. The summed E-state index contributed by atoms with van der Waals surface area (Å²) in [4.78, 5) is 40.6. The van der Waals surface area contributed by atoms with E-state index in [0.717, 1.165) is 0 Å². The highest BCUT2D eigenvalue weighted by molar-refractivity contribution is 6.06. The van der Waals surface area contributed by atoms with Crippen LogP contribution < -0.4 is 21.4 Å². The van der Waals surface area contributed by atoms with Gasteiger partial charge in [0.1, 0.15) is 11.3 Å². The molecule has 0 atom stereocenters. The third kappa shape index (κ3) is 4.29. The Hall–Kier alpha value is -3.97. The molecule has 0 bridgehead atoms. The maximum atomic E-state index is 15.5. The van der Waals surface area contributed by atoms with Gasteiger partial charge in [-0.2, -0.15) is 4.98 Å². The molecule has 1 fully saturated rings. The fourth-order valence-corrected chi connectivity index (χ4v) is 4.72. The van der Waals surface area contributed by atoms with Gasteiger partial charge in [0.05, 0.1) is 35.8 Å². The molecule has 2 N–H and O–H groups in total. The Bertz CT molecular complexity index is 1480. The monoisotopic (exact) mass is 515 g/mol. The molecule has 37 heavy (non-hydrogen) atoms. The molecular weight excluding hydrogens is 491 g/mol. The summed E-state index contributed by atoms with van der Waals surface area (Å²) in [7, 11) is 1.19. The molecule has 3 heterocycles. The number of aromatic nitrogens is 2. The molecule has 0 unspecified atom stereocenters. The van der Waals surface area contributed by atoms with Gasteiger partial charge in [-0.25, -0.2) is 28.4 Å². The molecule has 1 amide bonds. The van der Waals surface area contributed by atoms with Crippen LogP contribution in [-0.4, -0.2) is 60.0 Å². The van der Waals surface area contributed by atoms with Crippen LogP contribution in [0.4, 0.5) is 30.4 Å². The zero-order valence-electron chi connectivity index (χ0n) is 20.1. The second kappa shape index (κ2) is 9.82. The van der Waals surface area contributed by atoms with Crippen LogP contribution in [0.1, 0.15) is 22.8 Å². The summed E-state index contributed by atoms with van der Waals surface area (Å²) in [6.45, 7) is 4.00. The number of benzene rings is 2. The van der Waals surface area contributed by atoms with Crippen LogP contribution in [0.2, 0.25) is 0 Å². The highest BCUT2D eigenvalue weighted by atomic mass is 19.2. The van der Waals surface area contributed by atoms with Crippen LogP contribution >= 0.6 is 0 Å². The summed E-state index contributed by atoms with van der Waals surface area (Å²) in [5.74, 6) is -3.48. The number of carbonyl (C=O) groups excluding carboxylic acids is 1. The Morgan fingerprint density at radius 2 is 1.89 bits per heavy atom. The van der Waals surface area contributed by atoms with Crippen molar-refractivity contribution in [1.82, 2.24) is 19.9 Å². The zero-order valence-corrected chi connectivity index (χ0v) is 20.1. The highest BCUT2D eigenvalue weighted by Crippen LogP contribution is 2.36. The Labute approximate surface area is 209 Å². The van der Waals surface area contributed by atoms with Crippen molar-refractivity contribution in [2.24, 2.45) is 4.99 Å². The van der Waals surface area contributed by atoms with Gasteiger partial charge in [-0.1, -0.05) is 0 Å². The smallest absolute Gasteiger partial charge is 0.349 e. The van der Waals surface area contributed by atoms with Crippen molar-refractivity contribution < 1.29 is 22.8 Å². The number of anilines is 2. The number of aliphatic imine (C=N–C) groups is 1. The maximum Gasteiger partial charge on any atom is 0.349 e. The lowest BCUT2D eigenvalue weighted by molar-refractivity contribution is 0.0532. The number of rotatable bonds is 6. The summed E-state index contributed by atoms with van der Waals surface area (Å²) in [6, 6.07) is 4.24. The van der Waals surface area contributed by atoms with Crippen LogP contribution in [0.25, 0.3) is 10.9 Å². The molecule has 13 heteroatoms. The van der Waals surface area contributed by atoms with E-state index in [2.05, 4.69) is 20.1 Å². The van der Waals surface area contributed by atoms with Gasteiger partial charge in [-0.05, 0) is 25.1 Å². The second-order valence-corrected chi connectivity index (χ2v) is 8.64. The van der Waals surface area contributed by atoms with Crippen molar-refractivity contribution in [1.29, 1.82) is 0 Å². The predicted molar refractivity (Wildman–Crippen MR) is 132 cm³/mol. The van der Waals surface area contributed by atoms with Crippen LogP contribution in [0.3, 0.4) is 0 Å². The predicted octanol–water partition coefficient (Wildman–Crippen LogP) is 2.53. The van der Waals surface area contributed by atoms with Crippen LogP contribution in [0.5, 0.6) is 0 Å². The minimum Gasteiger partial charge on any atom is -0.367 e. The van der Waals surface area contributed by atoms with Crippen molar-refractivity contribution in [3.8, 4) is 0 Å². The second-order valence-electron chi connectivity index (χ2n) is 8.64. The van der Waals surface area contributed by atoms with Gasteiger partial charge in [-0.15, -0.1) is 0 Å². The lowest BCUT2D eigenvalue weighted by Gasteiger charge is -2.36. The van der Waals surface area contributed by atoms with Crippen molar-refractivity contribution in [3.63, 3.8) is 0 Å². The molecule has 2 aliphatic rings. The molecule has 194 valence electrons. The molecule has 5 rings (SSSR count). The van der Waals surface area contributed by atoms with E-state index in [1.54, 1.807) is 17.9 Å². The van der Waals surface area contributed by atoms with Crippen LogP contribution in [0.15, 0.2) is 28.0 Å². The summed E-state index contributed by atoms with van der Waals surface area (Å²) < 4.78 is 46.1. The van der Waals surface area contributed by atoms with E-state index in [9.17, 15) is 18.4 Å². The van der Waals surface area contributed by atoms with Crippen molar-refractivity contribution >= 4 is 40.3 Å². The Morgan fingerprint density at radius 1 is 1.14 bits per heavy atom. The molecule has 0 spiro atoms. The number of nitrogens with one attached hydrogen (secondary N) is 2. The Morgan fingerprint density at radius 3 is 2.59 bits per heavy atom. The topological polar surface area (TPSA) is 104 Å². The fraction of sp³-hybridized carbons (Fsp3) is 0.333. The molecule has 1 saturated heterocycles. The first-order chi connectivity index (χ1) is 17.8. The number of piperazine rings is 1. The molecule has 2 aliphatic heterocycles. The van der Waals surface area contributed by atoms with E-state index >= 15 is 4.39 Å². The quantitative estimate of drug-likeness (QED) is 0.487. The standard InChI is InChI=1S/C24H24F3N7O3/c1-3-34-22-17-15(28-12-29-22)10-13(18(25)21(17)30-24(34)36)11-32-6-8-33(9-7-32)16-5-4-14(19(26)20(16)27)23(35)31-37-2/h4-5,10,12H,3,6-9,11H2,1-2H3,(H,28,29)(H,31,35). The van der Waals surface area contributed by atoms with Crippen molar-refractivity contribution in [2.45, 2.75) is 20.0 Å². The van der Waals surface area contributed by atoms with Gasteiger partial charge in [0.25, 0.3) is 5.91 Å². The Kier molecular flexibility index (Phi) is 6.56. The number of hydroxylamine groups is 1. The molecule has 10 nitrogen and oxygen atoms in total. The molecule has 0 aliphatic carbocycles. The van der Waals surface area contributed by atoms with Crippen LogP contribution in [-0.2, 0) is 17.9 Å². The van der Waals surface area contributed by atoms with Gasteiger partial charge in [0.2, 0.25) is 0 Å². The van der Waals surface area contributed by atoms with Gasteiger partial charge >= 0.3 is 5.69 Å². The number of hydrogen-bond donors (Lipinski definition) is 2. The molecule has 0 saturated carbocycles. The number of carbonyl (C=O) groups is 1.